The van der Waals surface area contributed by atoms with E-state index in [1.807, 2.05) is 60.6 Å². The first-order chi connectivity index (χ1) is 29.5. The second kappa shape index (κ2) is 20.1. The van der Waals surface area contributed by atoms with E-state index in [9.17, 15) is 29.7 Å². The molecule has 0 aromatic carbocycles. The topological polar surface area (TPSA) is 173 Å². The number of ether oxygens (including phenoxy) is 5. The van der Waals surface area contributed by atoms with Crippen molar-refractivity contribution in [3.05, 3.63) is 37.5 Å². The van der Waals surface area contributed by atoms with E-state index in [-0.39, 0.29) is 35.7 Å². The Labute approximate surface area is 377 Å². The van der Waals surface area contributed by atoms with Crippen molar-refractivity contribution in [2.75, 3.05) is 13.1 Å². The molecule has 5 aliphatic heterocycles. The van der Waals surface area contributed by atoms with Gasteiger partial charge in [0.2, 0.25) is 0 Å². The summed E-state index contributed by atoms with van der Waals surface area (Å²) < 4.78 is 34.9. The van der Waals surface area contributed by atoms with E-state index in [1.54, 1.807) is 24.0 Å². The van der Waals surface area contributed by atoms with Gasteiger partial charge in [-0.25, -0.2) is 4.79 Å². The number of carboxylic acids is 1. The van der Waals surface area contributed by atoms with Crippen LogP contribution in [0.1, 0.15) is 140 Å². The molecule has 358 valence electrons. The van der Waals surface area contributed by atoms with Crippen LogP contribution in [0.25, 0.3) is 0 Å². The number of carbonyl (C=O) groups excluding carboxylic acids is 2. The molecule has 0 aromatic rings. The van der Waals surface area contributed by atoms with E-state index in [0.29, 0.717) is 70.9 Å². The second-order valence-corrected chi connectivity index (χ2v) is 20.4. The molecule has 2 spiro atoms. The highest BCUT2D eigenvalue weighted by molar-refractivity contribution is 5.84. The molecule has 0 radical (unpaired) electrons. The van der Waals surface area contributed by atoms with Crippen LogP contribution in [0.4, 0.5) is 4.79 Å². The van der Waals surface area contributed by atoms with Gasteiger partial charge >= 0.3 is 12.0 Å². The van der Waals surface area contributed by atoms with Crippen LogP contribution in [0, 0.1) is 41.4 Å². The fraction of sp³-hybridized carbons (Fsp3) is 0.820. The third-order valence-corrected chi connectivity index (χ3v) is 16.6. The number of rotatable bonds is 17. The Morgan fingerprint density at radius 3 is 2.13 bits per heavy atom. The number of nitrogens with one attached hydrogen (secondary N) is 1. The van der Waals surface area contributed by atoms with Gasteiger partial charge in [0.25, 0.3) is 0 Å². The lowest BCUT2D eigenvalue weighted by Gasteiger charge is -2.55. The van der Waals surface area contributed by atoms with Gasteiger partial charge in [-0.15, -0.1) is 13.2 Å². The summed E-state index contributed by atoms with van der Waals surface area (Å²) in [6.07, 6.45) is 9.96. The van der Waals surface area contributed by atoms with Gasteiger partial charge in [0, 0.05) is 43.2 Å². The molecule has 1 unspecified atom stereocenters. The van der Waals surface area contributed by atoms with Crippen LogP contribution < -0.4 is 5.32 Å². The zero-order valence-electron chi connectivity index (χ0n) is 40.3. The number of carbonyl (C=O) groups is 3. The number of carboxylic acid groups (broad SMARTS) is 1. The van der Waals surface area contributed by atoms with Crippen molar-refractivity contribution >= 4 is 17.8 Å². The van der Waals surface area contributed by atoms with E-state index < -0.39 is 88.5 Å². The summed E-state index contributed by atoms with van der Waals surface area (Å²) in [5.74, 6) is -6.32. The minimum atomic E-state index is -1.37. The van der Waals surface area contributed by atoms with E-state index >= 15 is 0 Å². The minimum absolute atomic E-state index is 0.0348. The van der Waals surface area contributed by atoms with Gasteiger partial charge in [-0.05, 0) is 96.5 Å². The molecule has 2 amide bonds. The van der Waals surface area contributed by atoms with Gasteiger partial charge in [0.1, 0.15) is 11.8 Å². The number of hydrogen-bond donors (Lipinski definition) is 4. The summed E-state index contributed by atoms with van der Waals surface area (Å²) in [4.78, 5) is 42.4. The van der Waals surface area contributed by atoms with Crippen molar-refractivity contribution in [1.82, 2.24) is 10.2 Å². The lowest BCUT2D eigenvalue weighted by atomic mass is 9.68. The number of hydrogen-bond acceptors (Lipinski definition) is 10. The average Bonchev–Trinajstić information content (AvgIpc) is 3.59. The molecule has 0 aliphatic carbocycles. The fourth-order valence-corrected chi connectivity index (χ4v) is 11.7. The maximum absolute atomic E-state index is 14.8. The van der Waals surface area contributed by atoms with E-state index in [4.69, 9.17) is 23.7 Å². The number of aliphatic carboxylic acids is 1. The van der Waals surface area contributed by atoms with Crippen LogP contribution >= 0.6 is 0 Å². The third kappa shape index (κ3) is 9.91. The maximum Gasteiger partial charge on any atom is 0.318 e. The van der Waals surface area contributed by atoms with Gasteiger partial charge in [-0.1, -0.05) is 73.6 Å². The monoisotopic (exact) mass is 887 g/mol. The Hall–Kier alpha value is -2.65. The molecule has 4 fully saturated rings. The Kier molecular flexibility index (Phi) is 16.4. The molecular weight excluding hydrogens is 805 g/mol. The van der Waals surface area contributed by atoms with Crippen molar-refractivity contribution in [1.29, 1.82) is 0 Å². The summed E-state index contributed by atoms with van der Waals surface area (Å²) in [5, 5.41) is 36.4. The van der Waals surface area contributed by atoms with Crippen LogP contribution in [0.2, 0.25) is 0 Å². The fourth-order valence-electron chi connectivity index (χ4n) is 11.7. The minimum Gasteiger partial charge on any atom is -0.481 e. The summed E-state index contributed by atoms with van der Waals surface area (Å²) in [5.41, 5.74) is -2.60. The third-order valence-electron chi connectivity index (χ3n) is 16.6. The first kappa shape index (κ1) is 51.3. The molecule has 18 atom stereocenters. The van der Waals surface area contributed by atoms with Gasteiger partial charge in [0.05, 0.1) is 53.2 Å². The first-order valence-electron chi connectivity index (χ1n) is 24.1. The Morgan fingerprint density at radius 2 is 1.56 bits per heavy atom. The number of aliphatic hydroxyl groups is 2. The first-order valence-corrected chi connectivity index (χ1v) is 24.1. The summed E-state index contributed by atoms with van der Waals surface area (Å²) in [6.45, 7) is 29.9. The Bertz CT molecular complexity index is 1670. The van der Waals surface area contributed by atoms with Gasteiger partial charge in [0.15, 0.2) is 11.6 Å². The number of amides is 2. The van der Waals surface area contributed by atoms with E-state index in [2.05, 4.69) is 39.2 Å². The molecule has 5 heterocycles. The number of Topliss-reactive ketones (excluding diaryl/α,β-unsaturated/α-hetero) is 1. The lowest BCUT2D eigenvalue weighted by molar-refractivity contribution is -0.398. The smallest absolute Gasteiger partial charge is 0.318 e. The predicted octanol–water partition coefficient (Wildman–Crippen LogP) is 7.97. The summed E-state index contributed by atoms with van der Waals surface area (Å²) >= 11 is 0. The molecule has 63 heavy (non-hydrogen) atoms. The zero-order valence-corrected chi connectivity index (χ0v) is 40.3. The van der Waals surface area contributed by atoms with E-state index in [1.165, 1.54) is 0 Å². The molecule has 13 heteroatoms. The molecule has 13 nitrogen and oxygen atoms in total. The SMILES string of the molecule is C=CCN(CC=C)C(=O)N[C@@H]1C=C[C@]2(O[C@H]([C@@H](CC)C(=O)[C@@H](C)[C@@H](O)[C@H](C)C3(C)O[C@@H]([C@@H](CC)C(=O)O)CC[C@@H]3C)[C@@H](C)C[C@H]2C)O[C@@]12CC[C@@](C)([C@H]1CC[C@](O)(CC)[C@H](C)O1)O2. The van der Waals surface area contributed by atoms with Crippen molar-refractivity contribution in [3.8, 4) is 0 Å². The second-order valence-electron chi connectivity index (χ2n) is 20.4. The molecule has 4 saturated heterocycles. The van der Waals surface area contributed by atoms with Crippen molar-refractivity contribution in [3.63, 3.8) is 0 Å². The van der Waals surface area contributed by atoms with Crippen molar-refractivity contribution in [2.24, 2.45) is 41.4 Å². The summed E-state index contributed by atoms with van der Waals surface area (Å²) in [7, 11) is 0. The van der Waals surface area contributed by atoms with Crippen LogP contribution in [0.15, 0.2) is 37.5 Å². The average molecular weight is 887 g/mol. The highest BCUT2D eigenvalue weighted by Crippen LogP contribution is 2.54. The standard InChI is InChI=1S/C50H82N2O11/c1-14-27-52(28-15-2)45(57)51-39-21-24-49(63-50(39)26-25-46(12,62-50)40-22-23-48(58,18-5)35(11)59-40)32(8)29-30(6)43(61-49)37(17-4)42(54)33(9)41(53)34(10)47(13)31(7)19-20-38(60-47)36(16-3)44(55)56/h14-15,21,24,30-41,43,53,58H,1-2,16-20,22-23,25-29H2,3-13H3,(H,51,57)(H,55,56)/t30-,31-,32+,33-,34-,35-,36+,37-,38+,39+,40+,41+,43-,46-,47?,48+,49-,50-/m0/s1. The molecule has 5 rings (SSSR count). The number of aliphatic hydroxyl groups excluding tert-OH is 1. The van der Waals surface area contributed by atoms with E-state index in [0.717, 1.165) is 6.42 Å². The molecule has 5 aliphatic rings. The maximum atomic E-state index is 14.8. The molecule has 0 bridgehead atoms. The molecule has 0 aromatic heterocycles. The van der Waals surface area contributed by atoms with Crippen LogP contribution in [-0.2, 0) is 33.3 Å². The lowest BCUT2D eigenvalue weighted by Crippen LogP contribution is -2.66. The van der Waals surface area contributed by atoms with Gasteiger partial charge < -0.3 is 49.2 Å². The number of ketones is 1. The van der Waals surface area contributed by atoms with Crippen molar-refractivity contribution in [2.45, 2.75) is 205 Å². The van der Waals surface area contributed by atoms with Crippen LogP contribution in [0.3, 0.4) is 0 Å². The van der Waals surface area contributed by atoms with Crippen LogP contribution in [-0.4, -0.2) is 116 Å². The number of nitrogens with zero attached hydrogens (tertiary/aromatic N) is 1. The van der Waals surface area contributed by atoms with Crippen molar-refractivity contribution < 1.29 is 53.4 Å². The highest BCUT2D eigenvalue weighted by Gasteiger charge is 2.64. The van der Waals surface area contributed by atoms with Gasteiger partial charge in [-0.2, -0.15) is 0 Å². The normalized spacial score (nSPS) is 41.6. The Morgan fingerprint density at radius 1 is 0.905 bits per heavy atom. The largest absolute Gasteiger partial charge is 0.481 e. The zero-order chi connectivity index (χ0) is 46.9. The Balaban J connectivity index is 1.43. The number of urea groups is 1. The summed E-state index contributed by atoms with van der Waals surface area (Å²) in [6, 6.07) is -1.05. The van der Waals surface area contributed by atoms with Gasteiger partial charge in [-0.3, -0.25) is 9.59 Å². The highest BCUT2D eigenvalue weighted by atomic mass is 16.8. The van der Waals surface area contributed by atoms with Crippen LogP contribution in [0.5, 0.6) is 0 Å². The molecule has 4 N–H and O–H groups in total. The predicted molar refractivity (Wildman–Crippen MR) is 242 cm³/mol. The molecular formula is C50H82N2O11. The quantitative estimate of drug-likeness (QED) is 0.104. The molecule has 0 saturated carbocycles.